The van der Waals surface area contributed by atoms with Gasteiger partial charge in [-0.3, -0.25) is 9.48 Å². The summed E-state index contributed by atoms with van der Waals surface area (Å²) in [7, 11) is 0. The van der Waals surface area contributed by atoms with Crippen molar-refractivity contribution in [3.8, 4) is 0 Å². The summed E-state index contributed by atoms with van der Waals surface area (Å²) in [4.78, 5) is 12.0. The second-order valence-corrected chi connectivity index (χ2v) is 5.83. The van der Waals surface area contributed by atoms with Crippen molar-refractivity contribution in [3.63, 3.8) is 0 Å². The first-order chi connectivity index (χ1) is 11.2. The second-order valence-electron chi connectivity index (χ2n) is 5.45. The van der Waals surface area contributed by atoms with Crippen molar-refractivity contribution in [1.82, 2.24) is 15.1 Å². The van der Waals surface area contributed by atoms with Gasteiger partial charge in [-0.2, -0.15) is 18.3 Å². The predicted molar refractivity (Wildman–Crippen MR) is 85.1 cm³/mol. The molecule has 1 N–H and O–H groups in total. The number of aryl methyl sites for hydroxylation is 2. The van der Waals surface area contributed by atoms with Crippen molar-refractivity contribution in [2.45, 2.75) is 33.0 Å². The van der Waals surface area contributed by atoms with Crippen molar-refractivity contribution >= 4 is 17.5 Å². The number of carbonyl (C=O) groups excluding carboxylic acids is 1. The topological polar surface area (TPSA) is 46.9 Å². The van der Waals surface area contributed by atoms with Crippen LogP contribution in [0.1, 0.15) is 33.7 Å². The van der Waals surface area contributed by atoms with Gasteiger partial charge in [0, 0.05) is 18.7 Å². The molecule has 1 aromatic heterocycles. The van der Waals surface area contributed by atoms with E-state index in [4.69, 9.17) is 11.6 Å². The van der Waals surface area contributed by atoms with Gasteiger partial charge in [0.15, 0.2) is 5.69 Å². The normalized spacial score (nSPS) is 11.6. The Hall–Kier alpha value is -2.02. The minimum Gasteiger partial charge on any atom is -0.352 e. The van der Waals surface area contributed by atoms with Gasteiger partial charge in [-0.05, 0) is 32.4 Å². The van der Waals surface area contributed by atoms with Gasteiger partial charge >= 0.3 is 6.18 Å². The Morgan fingerprint density at radius 2 is 2.04 bits per heavy atom. The van der Waals surface area contributed by atoms with Gasteiger partial charge in [-0.25, -0.2) is 0 Å². The van der Waals surface area contributed by atoms with E-state index in [9.17, 15) is 18.0 Å². The average Bonchev–Trinajstić information content (AvgIpc) is 2.79. The molecule has 0 atom stereocenters. The van der Waals surface area contributed by atoms with E-state index in [2.05, 4.69) is 10.4 Å². The number of nitrogens with zero attached hydrogens (tertiary/aromatic N) is 2. The van der Waals surface area contributed by atoms with Gasteiger partial charge in [0.25, 0.3) is 5.91 Å². The first kappa shape index (κ1) is 18.3. The van der Waals surface area contributed by atoms with Gasteiger partial charge in [-0.1, -0.05) is 29.3 Å². The summed E-state index contributed by atoms with van der Waals surface area (Å²) < 4.78 is 39.4. The van der Waals surface area contributed by atoms with Gasteiger partial charge in [0.2, 0.25) is 0 Å². The zero-order chi connectivity index (χ0) is 17.9. The van der Waals surface area contributed by atoms with Crippen LogP contribution in [-0.2, 0) is 12.7 Å². The number of hydrogen-bond acceptors (Lipinski definition) is 2. The average molecular weight is 360 g/mol. The number of hydrogen-bond donors (Lipinski definition) is 1. The molecule has 1 heterocycles. The lowest BCUT2D eigenvalue weighted by molar-refractivity contribution is -0.141. The molecule has 0 unspecified atom stereocenters. The number of alkyl halides is 3. The maximum Gasteiger partial charge on any atom is 0.436 e. The second kappa shape index (κ2) is 7.25. The highest BCUT2D eigenvalue weighted by Gasteiger charge is 2.38. The van der Waals surface area contributed by atoms with Crippen molar-refractivity contribution in [1.29, 1.82) is 0 Å². The highest BCUT2D eigenvalue weighted by molar-refractivity contribution is 6.31. The molecule has 8 heteroatoms. The number of nitrogens with one attached hydrogen (secondary N) is 1. The molecule has 2 rings (SSSR count). The number of benzene rings is 1. The first-order valence-electron chi connectivity index (χ1n) is 7.35. The Morgan fingerprint density at radius 3 is 2.62 bits per heavy atom. The molecule has 0 aliphatic rings. The van der Waals surface area contributed by atoms with Crippen LogP contribution in [0, 0.1) is 13.8 Å². The van der Waals surface area contributed by atoms with Crippen LogP contribution >= 0.6 is 11.6 Å². The Labute approximate surface area is 142 Å². The molecule has 0 fully saturated rings. The Bertz CT molecular complexity index is 741. The van der Waals surface area contributed by atoms with E-state index in [1.54, 1.807) is 18.2 Å². The summed E-state index contributed by atoms with van der Waals surface area (Å²) in [5.74, 6) is -0.218. The van der Waals surface area contributed by atoms with Crippen molar-refractivity contribution in [2.24, 2.45) is 0 Å². The fourth-order valence-corrected chi connectivity index (χ4v) is 2.48. The summed E-state index contributed by atoms with van der Waals surface area (Å²) in [5, 5.41) is 5.86. The molecule has 0 saturated carbocycles. The standard InChI is InChI=1S/C16H17ClF3N3O/c1-10-5-3-6-12(9-10)15(24)21-7-4-8-23-11(2)13(17)14(22-23)16(18,19)20/h3,5-6,9H,4,7-8H2,1-2H3,(H,21,24). The SMILES string of the molecule is Cc1cccc(C(=O)NCCCn2nc(C(F)(F)F)c(Cl)c2C)c1. The summed E-state index contributed by atoms with van der Waals surface area (Å²) in [6, 6.07) is 7.15. The van der Waals surface area contributed by atoms with E-state index in [0.29, 0.717) is 18.5 Å². The lowest BCUT2D eigenvalue weighted by Gasteiger charge is -2.07. The van der Waals surface area contributed by atoms with Crippen LogP contribution in [-0.4, -0.2) is 22.2 Å². The Balaban J connectivity index is 1.90. The fraction of sp³-hybridized carbons (Fsp3) is 0.375. The molecule has 0 saturated heterocycles. The summed E-state index contributed by atoms with van der Waals surface area (Å²) in [5.41, 5.74) is 0.705. The number of aromatic nitrogens is 2. The minimum absolute atomic E-state index is 0.218. The highest BCUT2D eigenvalue weighted by Crippen LogP contribution is 2.35. The fourth-order valence-electron chi connectivity index (χ4n) is 2.24. The molecule has 4 nitrogen and oxygen atoms in total. The van der Waals surface area contributed by atoms with Gasteiger partial charge in [0.05, 0.1) is 10.7 Å². The molecule has 0 bridgehead atoms. The zero-order valence-corrected chi connectivity index (χ0v) is 14.0. The molecule has 0 spiro atoms. The smallest absolute Gasteiger partial charge is 0.352 e. The van der Waals surface area contributed by atoms with Crippen molar-refractivity contribution in [3.05, 3.63) is 51.8 Å². The Morgan fingerprint density at radius 1 is 1.33 bits per heavy atom. The molecule has 0 aliphatic heterocycles. The quantitative estimate of drug-likeness (QED) is 0.820. The summed E-state index contributed by atoms with van der Waals surface area (Å²) >= 11 is 5.68. The molecular weight excluding hydrogens is 343 g/mol. The molecule has 130 valence electrons. The van der Waals surface area contributed by atoms with E-state index in [1.165, 1.54) is 11.6 Å². The maximum absolute atomic E-state index is 12.7. The van der Waals surface area contributed by atoms with Crippen molar-refractivity contribution < 1.29 is 18.0 Å². The molecule has 24 heavy (non-hydrogen) atoms. The molecule has 0 radical (unpaired) electrons. The van der Waals surface area contributed by atoms with Crippen LogP contribution in [0.3, 0.4) is 0 Å². The lowest BCUT2D eigenvalue weighted by atomic mass is 10.1. The third kappa shape index (κ3) is 4.29. The minimum atomic E-state index is -4.58. The third-order valence-corrected chi connectivity index (χ3v) is 3.97. The van der Waals surface area contributed by atoms with Crippen LogP contribution in [0.25, 0.3) is 0 Å². The summed E-state index contributed by atoms with van der Waals surface area (Å²) in [6.07, 6.45) is -4.14. The van der Waals surface area contributed by atoms with E-state index in [0.717, 1.165) is 5.56 Å². The molecule has 0 aliphatic carbocycles. The highest BCUT2D eigenvalue weighted by atomic mass is 35.5. The lowest BCUT2D eigenvalue weighted by Crippen LogP contribution is -2.25. The van der Waals surface area contributed by atoms with Crippen LogP contribution in [0.15, 0.2) is 24.3 Å². The van der Waals surface area contributed by atoms with Gasteiger partial charge in [-0.15, -0.1) is 0 Å². The van der Waals surface area contributed by atoms with E-state index in [-0.39, 0.29) is 23.2 Å². The van der Waals surface area contributed by atoms with E-state index >= 15 is 0 Å². The number of carbonyl (C=O) groups is 1. The monoisotopic (exact) mass is 359 g/mol. The maximum atomic E-state index is 12.7. The molecule has 2 aromatic rings. The molecule has 1 aromatic carbocycles. The van der Waals surface area contributed by atoms with Gasteiger partial charge in [0.1, 0.15) is 0 Å². The van der Waals surface area contributed by atoms with Crippen LogP contribution in [0.2, 0.25) is 5.02 Å². The van der Waals surface area contributed by atoms with Crippen LogP contribution in [0.4, 0.5) is 13.2 Å². The van der Waals surface area contributed by atoms with Gasteiger partial charge < -0.3 is 5.32 Å². The third-order valence-electron chi connectivity index (χ3n) is 3.51. The summed E-state index contributed by atoms with van der Waals surface area (Å²) in [6.45, 7) is 3.93. The Kier molecular flexibility index (Phi) is 5.54. The van der Waals surface area contributed by atoms with Crippen LogP contribution < -0.4 is 5.32 Å². The number of halogens is 4. The molecular formula is C16H17ClF3N3O. The zero-order valence-electron chi connectivity index (χ0n) is 13.2. The predicted octanol–water partition coefficient (Wildman–Crippen LogP) is 3.99. The van der Waals surface area contributed by atoms with Crippen molar-refractivity contribution in [2.75, 3.05) is 6.54 Å². The van der Waals surface area contributed by atoms with E-state index < -0.39 is 11.9 Å². The number of amides is 1. The van der Waals surface area contributed by atoms with E-state index in [1.807, 2.05) is 13.0 Å². The van der Waals surface area contributed by atoms with Crippen LogP contribution in [0.5, 0.6) is 0 Å². The number of rotatable bonds is 5. The first-order valence-corrected chi connectivity index (χ1v) is 7.73. The molecule has 1 amide bonds. The largest absolute Gasteiger partial charge is 0.436 e.